The Bertz CT molecular complexity index is 231. The summed E-state index contributed by atoms with van der Waals surface area (Å²) in [5.74, 6) is 0.476. The third-order valence-electron chi connectivity index (χ3n) is 1.57. The second-order valence-electron chi connectivity index (χ2n) is 2.91. The van der Waals surface area contributed by atoms with Crippen LogP contribution in [0.25, 0.3) is 0 Å². The molecule has 1 aromatic rings. The van der Waals surface area contributed by atoms with E-state index in [2.05, 4.69) is 21.0 Å². The van der Waals surface area contributed by atoms with Crippen LogP contribution in [0.4, 0.5) is 0 Å². The maximum atomic E-state index is 9.44. The minimum absolute atomic E-state index is 0.252. The average Bonchev–Trinajstić information content (AvgIpc) is 2.68. The van der Waals surface area contributed by atoms with Crippen molar-refractivity contribution in [3.05, 3.63) is 6.20 Å². The van der Waals surface area contributed by atoms with E-state index in [1.54, 1.807) is 0 Å². The molecule has 1 heterocycles. The van der Waals surface area contributed by atoms with E-state index in [0.29, 0.717) is 12.4 Å². The Kier molecular flexibility index (Phi) is 5.43. The van der Waals surface area contributed by atoms with E-state index >= 15 is 0 Å². The number of aliphatic hydroxyl groups is 1. The van der Waals surface area contributed by atoms with Gasteiger partial charge < -0.3 is 15.2 Å². The molecule has 0 amide bonds. The van der Waals surface area contributed by atoms with Crippen molar-refractivity contribution in [1.29, 1.82) is 0 Å². The maximum Gasteiger partial charge on any atom is 0.245 e. The second kappa shape index (κ2) is 6.69. The Morgan fingerprint density at radius 1 is 1.71 bits per heavy atom. The summed E-state index contributed by atoms with van der Waals surface area (Å²) >= 11 is 1.09. The third kappa shape index (κ3) is 4.50. The summed E-state index contributed by atoms with van der Waals surface area (Å²) in [5, 5.41) is 12.5. The van der Waals surface area contributed by atoms with Crippen molar-refractivity contribution >= 4 is 11.7 Å². The van der Waals surface area contributed by atoms with E-state index < -0.39 is 6.10 Å². The van der Waals surface area contributed by atoms with Crippen LogP contribution in [0.5, 0.6) is 5.88 Å². The largest absolute Gasteiger partial charge is 0.473 e. The van der Waals surface area contributed by atoms with Crippen LogP contribution in [0, 0.1) is 0 Å². The van der Waals surface area contributed by atoms with Gasteiger partial charge in [0.05, 0.1) is 11.7 Å². The van der Waals surface area contributed by atoms with E-state index in [1.165, 1.54) is 6.20 Å². The Balaban J connectivity index is 2.06. The van der Waals surface area contributed by atoms with Crippen LogP contribution < -0.4 is 10.1 Å². The lowest BCUT2D eigenvalue weighted by molar-refractivity contribution is 0.104. The number of ether oxygens (including phenoxy) is 1. The molecule has 0 aliphatic carbocycles. The van der Waals surface area contributed by atoms with Gasteiger partial charge in [-0.3, -0.25) is 0 Å². The van der Waals surface area contributed by atoms with E-state index in [4.69, 9.17) is 4.74 Å². The number of hydrogen-bond acceptors (Lipinski definition) is 6. The van der Waals surface area contributed by atoms with Gasteiger partial charge in [0.25, 0.3) is 0 Å². The van der Waals surface area contributed by atoms with Crippen LogP contribution in [0.3, 0.4) is 0 Å². The van der Waals surface area contributed by atoms with Crippen LogP contribution in [0.15, 0.2) is 6.20 Å². The summed E-state index contributed by atoms with van der Waals surface area (Å²) in [7, 11) is 0. The minimum Gasteiger partial charge on any atom is -0.473 e. The Labute approximate surface area is 87.4 Å². The van der Waals surface area contributed by atoms with E-state index in [1.807, 2.05) is 0 Å². The summed E-state index contributed by atoms with van der Waals surface area (Å²) in [6.45, 7) is 3.79. The number of aromatic nitrogens is 2. The Morgan fingerprint density at radius 3 is 3.21 bits per heavy atom. The molecule has 0 radical (unpaired) electrons. The smallest absolute Gasteiger partial charge is 0.245 e. The lowest BCUT2D eigenvalue weighted by atomic mass is 10.3. The molecule has 1 unspecified atom stereocenters. The second-order valence-corrected chi connectivity index (χ2v) is 3.47. The van der Waals surface area contributed by atoms with Crippen molar-refractivity contribution < 1.29 is 9.84 Å². The zero-order chi connectivity index (χ0) is 10.2. The van der Waals surface area contributed by atoms with Gasteiger partial charge in [-0.05, 0) is 13.0 Å². The van der Waals surface area contributed by atoms with Crippen molar-refractivity contribution in [3.8, 4) is 5.88 Å². The molecule has 0 fully saturated rings. The van der Waals surface area contributed by atoms with Crippen LogP contribution in [-0.4, -0.2) is 39.7 Å². The fourth-order valence-electron chi connectivity index (χ4n) is 0.906. The molecule has 1 rings (SSSR count). The standard InChI is InChI=1S/C8H15N3O2S/c1-2-3-9-4-7(12)6-13-8-5-10-14-11-8/h5,7,9,12H,2-4,6H2,1H3. The van der Waals surface area contributed by atoms with Gasteiger partial charge in [-0.2, -0.15) is 4.37 Å². The van der Waals surface area contributed by atoms with Crippen molar-refractivity contribution in [2.75, 3.05) is 19.7 Å². The van der Waals surface area contributed by atoms with Gasteiger partial charge in [0, 0.05) is 6.54 Å². The van der Waals surface area contributed by atoms with E-state index in [-0.39, 0.29) is 6.61 Å². The molecular formula is C8H15N3O2S. The number of rotatable bonds is 7. The molecule has 0 saturated heterocycles. The van der Waals surface area contributed by atoms with Gasteiger partial charge in [0.1, 0.15) is 18.9 Å². The minimum atomic E-state index is -0.497. The maximum absolute atomic E-state index is 9.44. The third-order valence-corrected chi connectivity index (χ3v) is 2.03. The van der Waals surface area contributed by atoms with E-state index in [0.717, 1.165) is 24.7 Å². The Hall–Kier alpha value is -0.720. The Morgan fingerprint density at radius 2 is 2.57 bits per heavy atom. The predicted molar refractivity (Wildman–Crippen MR) is 54.6 cm³/mol. The molecule has 0 aliphatic heterocycles. The molecule has 0 spiro atoms. The molecule has 6 heteroatoms. The van der Waals surface area contributed by atoms with Gasteiger partial charge in [0.15, 0.2) is 0 Å². The predicted octanol–water partition coefficient (Wildman–Crippen LogP) is 0.277. The average molecular weight is 217 g/mol. The summed E-state index contributed by atoms with van der Waals surface area (Å²) < 4.78 is 12.8. The number of nitrogens with zero attached hydrogens (tertiary/aromatic N) is 2. The molecule has 0 saturated carbocycles. The molecule has 1 aromatic heterocycles. The van der Waals surface area contributed by atoms with Gasteiger partial charge in [-0.15, -0.1) is 4.37 Å². The lowest BCUT2D eigenvalue weighted by Crippen LogP contribution is -2.31. The van der Waals surface area contributed by atoms with Crippen molar-refractivity contribution in [1.82, 2.24) is 14.1 Å². The topological polar surface area (TPSA) is 67.3 Å². The van der Waals surface area contributed by atoms with Crippen molar-refractivity contribution in [2.45, 2.75) is 19.4 Å². The fraction of sp³-hybridized carbons (Fsp3) is 0.750. The monoisotopic (exact) mass is 217 g/mol. The lowest BCUT2D eigenvalue weighted by Gasteiger charge is -2.10. The molecule has 2 N–H and O–H groups in total. The van der Waals surface area contributed by atoms with Crippen LogP contribution >= 0.6 is 11.7 Å². The summed E-state index contributed by atoms with van der Waals surface area (Å²) in [6, 6.07) is 0. The van der Waals surface area contributed by atoms with Gasteiger partial charge in [-0.25, -0.2) is 0 Å². The SMILES string of the molecule is CCCNCC(O)COc1cnsn1. The van der Waals surface area contributed by atoms with E-state index in [9.17, 15) is 5.11 Å². The van der Waals surface area contributed by atoms with Crippen molar-refractivity contribution in [2.24, 2.45) is 0 Å². The zero-order valence-electron chi connectivity index (χ0n) is 8.14. The van der Waals surface area contributed by atoms with Gasteiger partial charge in [-0.1, -0.05) is 6.92 Å². The van der Waals surface area contributed by atoms with Crippen molar-refractivity contribution in [3.63, 3.8) is 0 Å². The van der Waals surface area contributed by atoms with Crippen LogP contribution in [0.2, 0.25) is 0 Å². The quantitative estimate of drug-likeness (QED) is 0.642. The molecule has 14 heavy (non-hydrogen) atoms. The van der Waals surface area contributed by atoms with Crippen LogP contribution in [0.1, 0.15) is 13.3 Å². The fourth-order valence-corrected chi connectivity index (χ4v) is 1.27. The molecular weight excluding hydrogens is 202 g/mol. The molecule has 0 bridgehead atoms. The highest BCUT2D eigenvalue weighted by molar-refractivity contribution is 6.99. The van der Waals surface area contributed by atoms with Gasteiger partial charge >= 0.3 is 0 Å². The van der Waals surface area contributed by atoms with Gasteiger partial charge in [0.2, 0.25) is 5.88 Å². The summed E-state index contributed by atoms with van der Waals surface area (Å²) in [4.78, 5) is 0. The first-order valence-electron chi connectivity index (χ1n) is 4.62. The highest BCUT2D eigenvalue weighted by Gasteiger charge is 2.05. The highest BCUT2D eigenvalue weighted by atomic mass is 32.1. The number of hydrogen-bond donors (Lipinski definition) is 2. The first kappa shape index (κ1) is 11.4. The zero-order valence-corrected chi connectivity index (χ0v) is 8.96. The van der Waals surface area contributed by atoms with Crippen LogP contribution in [-0.2, 0) is 0 Å². The molecule has 0 aromatic carbocycles. The first-order chi connectivity index (χ1) is 6.83. The molecule has 0 aliphatic rings. The summed E-state index contributed by atoms with van der Waals surface area (Å²) in [5.41, 5.74) is 0. The molecule has 5 nitrogen and oxygen atoms in total. The molecule has 1 atom stereocenters. The number of nitrogens with one attached hydrogen (secondary N) is 1. The molecule has 80 valence electrons. The normalized spacial score (nSPS) is 12.7. The highest BCUT2D eigenvalue weighted by Crippen LogP contribution is 2.04. The number of aliphatic hydroxyl groups excluding tert-OH is 1. The first-order valence-corrected chi connectivity index (χ1v) is 5.35. The summed E-state index contributed by atoms with van der Waals surface area (Å²) in [6.07, 6.45) is 2.10.